The van der Waals surface area contributed by atoms with Crippen molar-refractivity contribution in [1.82, 2.24) is 0 Å². The second kappa shape index (κ2) is 4.04. The van der Waals surface area contributed by atoms with Crippen LogP contribution >= 0.6 is 11.6 Å². The Kier molecular flexibility index (Phi) is 2.99. The quantitative estimate of drug-likeness (QED) is 0.617. The molecule has 0 amide bonds. The molecule has 2 heteroatoms. The van der Waals surface area contributed by atoms with Crippen molar-refractivity contribution in [3.8, 4) is 0 Å². The van der Waals surface area contributed by atoms with E-state index in [2.05, 4.69) is 0 Å². The van der Waals surface area contributed by atoms with E-state index in [4.69, 9.17) is 16.3 Å². The first kappa shape index (κ1) is 8.15. The molecule has 0 spiro atoms. The zero-order valence-electron chi connectivity index (χ0n) is 6.25. The molecule has 0 atom stereocenters. The Morgan fingerprint density at radius 3 is 2.45 bits per heavy atom. The zero-order valence-corrected chi connectivity index (χ0v) is 7.01. The van der Waals surface area contributed by atoms with Crippen molar-refractivity contribution < 1.29 is 4.74 Å². The van der Waals surface area contributed by atoms with E-state index in [1.807, 2.05) is 30.3 Å². The molecule has 58 valence electrons. The van der Waals surface area contributed by atoms with Crippen LogP contribution in [0.1, 0.15) is 5.56 Å². The van der Waals surface area contributed by atoms with Crippen molar-refractivity contribution in [2.75, 3.05) is 7.11 Å². The average molecular weight is 169 g/mol. The number of halogens is 1. The van der Waals surface area contributed by atoms with Gasteiger partial charge in [0.1, 0.15) is 5.76 Å². The summed E-state index contributed by atoms with van der Waals surface area (Å²) >= 11 is 5.52. The Bertz CT molecular complexity index is 241. The predicted octanol–water partition coefficient (Wildman–Crippen LogP) is 2.87. The van der Waals surface area contributed by atoms with E-state index in [9.17, 15) is 0 Å². The molecule has 0 saturated carbocycles. The molecular formula is C9H9ClO. The van der Waals surface area contributed by atoms with E-state index < -0.39 is 0 Å². The van der Waals surface area contributed by atoms with Gasteiger partial charge in [0.05, 0.1) is 7.11 Å². The lowest BCUT2D eigenvalue weighted by Crippen LogP contribution is -1.84. The van der Waals surface area contributed by atoms with Gasteiger partial charge in [-0.25, -0.2) is 0 Å². The van der Waals surface area contributed by atoms with Gasteiger partial charge in [0, 0.05) is 11.1 Å². The van der Waals surface area contributed by atoms with Gasteiger partial charge in [0.15, 0.2) is 0 Å². The van der Waals surface area contributed by atoms with E-state index in [1.54, 1.807) is 7.11 Å². The van der Waals surface area contributed by atoms with Gasteiger partial charge in [0.2, 0.25) is 0 Å². The Morgan fingerprint density at radius 1 is 1.36 bits per heavy atom. The third-order valence-corrected chi connectivity index (χ3v) is 1.58. The van der Waals surface area contributed by atoms with E-state index in [-0.39, 0.29) is 0 Å². The maximum absolute atomic E-state index is 5.52. The average Bonchev–Trinajstić information content (AvgIpc) is 2.09. The molecule has 0 fully saturated rings. The Balaban J connectivity index is 2.92. The second-order valence-electron chi connectivity index (χ2n) is 2.04. The van der Waals surface area contributed by atoms with Crippen LogP contribution in [0, 0.1) is 0 Å². The second-order valence-corrected chi connectivity index (χ2v) is 2.26. The van der Waals surface area contributed by atoms with Crippen LogP contribution in [-0.4, -0.2) is 7.11 Å². The first-order valence-corrected chi connectivity index (χ1v) is 3.72. The van der Waals surface area contributed by atoms with Crippen LogP contribution in [0.5, 0.6) is 0 Å². The van der Waals surface area contributed by atoms with Gasteiger partial charge in [0.25, 0.3) is 0 Å². The number of rotatable bonds is 2. The molecule has 11 heavy (non-hydrogen) atoms. The smallest absolute Gasteiger partial charge is 0.137 e. The highest BCUT2D eigenvalue weighted by Gasteiger charge is 1.96. The molecule has 0 bridgehead atoms. The van der Waals surface area contributed by atoms with Gasteiger partial charge in [-0.1, -0.05) is 41.9 Å². The minimum absolute atomic E-state index is 0.687. The summed E-state index contributed by atoms with van der Waals surface area (Å²) in [5.41, 5.74) is 2.42. The summed E-state index contributed by atoms with van der Waals surface area (Å²) in [7, 11) is 1.60. The number of hydrogen-bond acceptors (Lipinski definition) is 1. The maximum Gasteiger partial charge on any atom is 0.137 e. The van der Waals surface area contributed by atoms with Crippen molar-refractivity contribution in [2.24, 2.45) is 0 Å². The van der Waals surface area contributed by atoms with Gasteiger partial charge in [-0.2, -0.15) is 0 Å². The SMILES string of the molecule is CO/C(=C/Cl)c1ccccc1. The highest BCUT2D eigenvalue weighted by Crippen LogP contribution is 2.14. The monoisotopic (exact) mass is 168 g/mol. The van der Waals surface area contributed by atoms with Crippen LogP contribution in [0.25, 0.3) is 5.76 Å². The van der Waals surface area contributed by atoms with E-state index >= 15 is 0 Å². The molecular weight excluding hydrogens is 160 g/mol. The third-order valence-electron chi connectivity index (χ3n) is 1.38. The molecule has 0 N–H and O–H groups in total. The van der Waals surface area contributed by atoms with Crippen molar-refractivity contribution in [3.63, 3.8) is 0 Å². The van der Waals surface area contributed by atoms with Gasteiger partial charge in [-0.15, -0.1) is 0 Å². The van der Waals surface area contributed by atoms with E-state index in [1.165, 1.54) is 5.54 Å². The fourth-order valence-electron chi connectivity index (χ4n) is 0.828. The minimum atomic E-state index is 0.687. The van der Waals surface area contributed by atoms with E-state index in [0.29, 0.717) is 5.76 Å². The fourth-order valence-corrected chi connectivity index (χ4v) is 1.04. The topological polar surface area (TPSA) is 9.23 Å². The number of methoxy groups -OCH3 is 1. The first-order chi connectivity index (χ1) is 5.38. The Morgan fingerprint density at radius 2 is 2.00 bits per heavy atom. The highest BCUT2D eigenvalue weighted by molar-refractivity contribution is 6.27. The zero-order chi connectivity index (χ0) is 8.10. The van der Waals surface area contributed by atoms with Gasteiger partial charge < -0.3 is 4.74 Å². The standard InChI is InChI=1S/C9H9ClO/c1-11-9(7-10)8-5-3-2-4-6-8/h2-7H,1H3/b9-7+. The van der Waals surface area contributed by atoms with Crippen molar-refractivity contribution in [1.29, 1.82) is 0 Å². The summed E-state index contributed by atoms with van der Waals surface area (Å²) in [5, 5.41) is 0. The lowest BCUT2D eigenvalue weighted by atomic mass is 10.2. The summed E-state index contributed by atoms with van der Waals surface area (Å²) in [6.07, 6.45) is 0. The van der Waals surface area contributed by atoms with Crippen LogP contribution in [0.3, 0.4) is 0 Å². The molecule has 1 nitrogen and oxygen atoms in total. The normalized spacial score (nSPS) is 11.3. The number of ether oxygens (including phenoxy) is 1. The van der Waals surface area contributed by atoms with Crippen molar-refractivity contribution in [2.45, 2.75) is 0 Å². The Hall–Kier alpha value is -0.950. The summed E-state index contributed by atoms with van der Waals surface area (Å²) in [4.78, 5) is 0. The Labute approximate surface area is 71.3 Å². The van der Waals surface area contributed by atoms with Crippen LogP contribution in [-0.2, 0) is 4.74 Å². The maximum atomic E-state index is 5.52. The molecule has 1 aromatic rings. The van der Waals surface area contributed by atoms with Crippen LogP contribution in [0.2, 0.25) is 0 Å². The first-order valence-electron chi connectivity index (χ1n) is 3.28. The molecule has 0 aliphatic heterocycles. The fraction of sp³-hybridized carbons (Fsp3) is 0.111. The predicted molar refractivity (Wildman–Crippen MR) is 47.3 cm³/mol. The number of benzene rings is 1. The van der Waals surface area contributed by atoms with Gasteiger partial charge >= 0.3 is 0 Å². The summed E-state index contributed by atoms with van der Waals surface area (Å²) in [5.74, 6) is 0.687. The summed E-state index contributed by atoms with van der Waals surface area (Å²) in [6, 6.07) is 9.71. The molecule has 1 aromatic carbocycles. The summed E-state index contributed by atoms with van der Waals surface area (Å²) < 4.78 is 5.01. The third kappa shape index (κ3) is 1.99. The number of hydrogen-bond donors (Lipinski definition) is 0. The molecule has 0 heterocycles. The molecule has 1 rings (SSSR count). The lowest BCUT2D eigenvalue weighted by Gasteiger charge is -2.02. The van der Waals surface area contributed by atoms with Crippen LogP contribution in [0.4, 0.5) is 0 Å². The largest absolute Gasteiger partial charge is 0.495 e. The molecule has 0 aliphatic carbocycles. The minimum Gasteiger partial charge on any atom is -0.495 e. The van der Waals surface area contributed by atoms with Crippen LogP contribution in [0.15, 0.2) is 35.9 Å². The lowest BCUT2D eigenvalue weighted by molar-refractivity contribution is 0.371. The highest BCUT2D eigenvalue weighted by atomic mass is 35.5. The molecule has 0 aromatic heterocycles. The van der Waals surface area contributed by atoms with E-state index in [0.717, 1.165) is 5.56 Å². The molecule has 0 unspecified atom stereocenters. The van der Waals surface area contributed by atoms with Crippen molar-refractivity contribution >= 4 is 17.4 Å². The molecule has 0 aliphatic rings. The summed E-state index contributed by atoms with van der Waals surface area (Å²) in [6.45, 7) is 0. The van der Waals surface area contributed by atoms with Crippen molar-refractivity contribution in [3.05, 3.63) is 41.4 Å². The molecule has 0 radical (unpaired) electrons. The van der Waals surface area contributed by atoms with Gasteiger partial charge in [-0.3, -0.25) is 0 Å². The molecule has 0 saturated heterocycles. The van der Waals surface area contributed by atoms with Crippen LogP contribution < -0.4 is 0 Å². The van der Waals surface area contributed by atoms with Gasteiger partial charge in [-0.05, 0) is 0 Å².